The van der Waals surface area contributed by atoms with Crippen LogP contribution in [0, 0.1) is 5.92 Å². The van der Waals surface area contributed by atoms with Crippen LogP contribution in [0.2, 0.25) is 0 Å². The highest BCUT2D eigenvalue weighted by molar-refractivity contribution is 5.81. The van der Waals surface area contributed by atoms with E-state index in [4.69, 9.17) is 0 Å². The van der Waals surface area contributed by atoms with E-state index in [0.717, 1.165) is 45.3 Å². The van der Waals surface area contributed by atoms with Crippen LogP contribution in [0.25, 0.3) is 0 Å². The number of hydrogen-bond donors (Lipinski definition) is 0. The van der Waals surface area contributed by atoms with Crippen molar-refractivity contribution in [1.82, 2.24) is 9.80 Å². The Labute approximate surface area is 117 Å². The lowest BCUT2D eigenvalue weighted by molar-refractivity contribution is -0.140. The van der Waals surface area contributed by atoms with Crippen molar-refractivity contribution < 1.29 is 9.59 Å². The van der Waals surface area contributed by atoms with Crippen LogP contribution >= 0.6 is 0 Å². The molecule has 0 aliphatic carbocycles. The van der Waals surface area contributed by atoms with Gasteiger partial charge in [0.25, 0.3) is 0 Å². The minimum atomic E-state index is 0.0149. The topological polar surface area (TPSA) is 40.6 Å². The van der Waals surface area contributed by atoms with E-state index in [9.17, 15) is 9.59 Å². The molecule has 1 rings (SSSR count). The molecular weight excluding hydrogens is 240 g/mol. The predicted octanol–water partition coefficient (Wildman–Crippen LogP) is 2.28. The molecule has 2 amide bonds. The molecular formula is C15H28N2O2. The van der Waals surface area contributed by atoms with Crippen molar-refractivity contribution in [3.8, 4) is 0 Å². The largest absolute Gasteiger partial charge is 0.343 e. The standard InChI is InChI=1S/C15H28N2O2/c1-4-7-10-16(6-3)15(19)13-9-8-11-17(12-13)14(18)5-2/h13H,4-12H2,1-3H3. The first kappa shape index (κ1) is 16.0. The first-order valence-corrected chi connectivity index (χ1v) is 7.70. The summed E-state index contributed by atoms with van der Waals surface area (Å²) < 4.78 is 0. The Morgan fingerprint density at radius 2 is 2.00 bits per heavy atom. The molecule has 1 fully saturated rings. The van der Waals surface area contributed by atoms with Crippen molar-refractivity contribution in [3.63, 3.8) is 0 Å². The van der Waals surface area contributed by atoms with Gasteiger partial charge in [-0.25, -0.2) is 0 Å². The van der Waals surface area contributed by atoms with Gasteiger partial charge in [0.05, 0.1) is 5.92 Å². The Morgan fingerprint density at radius 3 is 2.58 bits per heavy atom. The highest BCUT2D eigenvalue weighted by Crippen LogP contribution is 2.19. The van der Waals surface area contributed by atoms with Gasteiger partial charge in [-0.15, -0.1) is 0 Å². The van der Waals surface area contributed by atoms with Crippen molar-refractivity contribution in [2.24, 2.45) is 5.92 Å². The summed E-state index contributed by atoms with van der Waals surface area (Å²) in [7, 11) is 0. The number of piperidine rings is 1. The first-order chi connectivity index (χ1) is 9.13. The molecule has 4 heteroatoms. The van der Waals surface area contributed by atoms with Gasteiger partial charge in [-0.05, 0) is 26.2 Å². The summed E-state index contributed by atoms with van der Waals surface area (Å²) in [5, 5.41) is 0. The fraction of sp³-hybridized carbons (Fsp3) is 0.867. The van der Waals surface area contributed by atoms with Crippen molar-refractivity contribution in [2.45, 2.75) is 52.9 Å². The molecule has 0 saturated carbocycles. The molecule has 110 valence electrons. The molecule has 1 saturated heterocycles. The summed E-state index contributed by atoms with van der Waals surface area (Å²) in [4.78, 5) is 28.0. The van der Waals surface area contributed by atoms with Crippen LogP contribution in [0.4, 0.5) is 0 Å². The molecule has 1 atom stereocenters. The summed E-state index contributed by atoms with van der Waals surface area (Å²) in [6.45, 7) is 9.12. The number of rotatable bonds is 6. The highest BCUT2D eigenvalue weighted by atomic mass is 16.2. The molecule has 1 heterocycles. The number of nitrogens with zero attached hydrogens (tertiary/aromatic N) is 2. The smallest absolute Gasteiger partial charge is 0.227 e. The average Bonchev–Trinajstić information content (AvgIpc) is 2.47. The monoisotopic (exact) mass is 268 g/mol. The zero-order valence-electron chi connectivity index (χ0n) is 12.7. The van der Waals surface area contributed by atoms with Gasteiger partial charge >= 0.3 is 0 Å². The van der Waals surface area contributed by atoms with E-state index in [1.807, 2.05) is 23.6 Å². The molecule has 0 aromatic heterocycles. The lowest BCUT2D eigenvalue weighted by Gasteiger charge is -2.34. The molecule has 4 nitrogen and oxygen atoms in total. The van der Waals surface area contributed by atoms with Gasteiger partial charge in [0.15, 0.2) is 0 Å². The van der Waals surface area contributed by atoms with Gasteiger partial charge in [-0.2, -0.15) is 0 Å². The normalized spacial score (nSPS) is 19.3. The summed E-state index contributed by atoms with van der Waals surface area (Å²) in [5.41, 5.74) is 0. The van der Waals surface area contributed by atoms with Gasteiger partial charge in [0, 0.05) is 32.6 Å². The zero-order valence-corrected chi connectivity index (χ0v) is 12.7. The molecule has 1 unspecified atom stereocenters. The van der Waals surface area contributed by atoms with E-state index in [1.165, 1.54) is 0 Å². The van der Waals surface area contributed by atoms with Crippen molar-refractivity contribution in [1.29, 1.82) is 0 Å². The molecule has 0 radical (unpaired) electrons. The minimum Gasteiger partial charge on any atom is -0.343 e. The highest BCUT2D eigenvalue weighted by Gasteiger charge is 2.29. The number of amides is 2. The van der Waals surface area contributed by atoms with Gasteiger partial charge in [0.1, 0.15) is 0 Å². The predicted molar refractivity (Wildman–Crippen MR) is 76.8 cm³/mol. The molecule has 0 aromatic carbocycles. The second-order valence-electron chi connectivity index (χ2n) is 5.30. The average molecular weight is 268 g/mol. The number of unbranched alkanes of at least 4 members (excludes halogenated alkanes) is 1. The molecule has 0 bridgehead atoms. The van der Waals surface area contributed by atoms with Gasteiger partial charge in [-0.3, -0.25) is 9.59 Å². The Morgan fingerprint density at radius 1 is 1.26 bits per heavy atom. The van der Waals surface area contributed by atoms with Crippen LogP contribution in [-0.4, -0.2) is 47.8 Å². The van der Waals surface area contributed by atoms with Crippen LogP contribution in [0.1, 0.15) is 52.9 Å². The van der Waals surface area contributed by atoms with E-state index < -0.39 is 0 Å². The first-order valence-electron chi connectivity index (χ1n) is 7.70. The maximum absolute atomic E-state index is 12.5. The fourth-order valence-corrected chi connectivity index (χ4v) is 2.66. The summed E-state index contributed by atoms with van der Waals surface area (Å²) in [5.74, 6) is 0.430. The van der Waals surface area contributed by atoms with Gasteiger partial charge in [0.2, 0.25) is 11.8 Å². The van der Waals surface area contributed by atoms with E-state index in [2.05, 4.69) is 6.92 Å². The van der Waals surface area contributed by atoms with Crippen LogP contribution in [0.15, 0.2) is 0 Å². The number of carbonyl (C=O) groups excluding carboxylic acids is 2. The number of likely N-dealkylation sites (tertiary alicyclic amines) is 1. The number of hydrogen-bond acceptors (Lipinski definition) is 2. The summed E-state index contributed by atoms with van der Waals surface area (Å²) in [6.07, 6.45) is 4.58. The lowest BCUT2D eigenvalue weighted by Crippen LogP contribution is -2.46. The zero-order chi connectivity index (χ0) is 14.3. The van der Waals surface area contributed by atoms with E-state index in [1.54, 1.807) is 0 Å². The third kappa shape index (κ3) is 4.51. The van der Waals surface area contributed by atoms with E-state index >= 15 is 0 Å². The maximum atomic E-state index is 12.5. The molecule has 19 heavy (non-hydrogen) atoms. The van der Waals surface area contributed by atoms with Crippen LogP contribution in [-0.2, 0) is 9.59 Å². The quantitative estimate of drug-likeness (QED) is 0.741. The second-order valence-corrected chi connectivity index (χ2v) is 5.30. The van der Waals surface area contributed by atoms with Crippen LogP contribution in [0.5, 0.6) is 0 Å². The Kier molecular flexibility index (Phi) is 6.89. The minimum absolute atomic E-state index is 0.0149. The van der Waals surface area contributed by atoms with Crippen molar-refractivity contribution in [3.05, 3.63) is 0 Å². The Balaban J connectivity index is 2.57. The molecule has 0 aromatic rings. The number of carbonyl (C=O) groups is 2. The molecule has 1 aliphatic heterocycles. The van der Waals surface area contributed by atoms with Gasteiger partial charge in [-0.1, -0.05) is 20.3 Å². The van der Waals surface area contributed by atoms with Crippen molar-refractivity contribution in [2.75, 3.05) is 26.2 Å². The van der Waals surface area contributed by atoms with E-state index in [-0.39, 0.29) is 17.7 Å². The molecule has 0 N–H and O–H groups in total. The third-order valence-electron chi connectivity index (χ3n) is 3.90. The summed E-state index contributed by atoms with van der Waals surface area (Å²) in [6, 6.07) is 0. The lowest BCUT2D eigenvalue weighted by atomic mass is 9.96. The maximum Gasteiger partial charge on any atom is 0.227 e. The van der Waals surface area contributed by atoms with Crippen LogP contribution in [0.3, 0.4) is 0 Å². The SMILES string of the molecule is CCCCN(CC)C(=O)C1CCCN(C(=O)CC)C1. The Hall–Kier alpha value is -1.06. The van der Waals surface area contributed by atoms with E-state index in [0.29, 0.717) is 13.0 Å². The van der Waals surface area contributed by atoms with Crippen molar-refractivity contribution >= 4 is 11.8 Å². The second kappa shape index (κ2) is 8.18. The summed E-state index contributed by atoms with van der Waals surface area (Å²) >= 11 is 0. The fourth-order valence-electron chi connectivity index (χ4n) is 2.66. The third-order valence-corrected chi connectivity index (χ3v) is 3.90. The molecule has 1 aliphatic rings. The molecule has 0 spiro atoms. The Bertz CT molecular complexity index is 305. The van der Waals surface area contributed by atoms with Gasteiger partial charge < -0.3 is 9.80 Å². The van der Waals surface area contributed by atoms with Crippen LogP contribution < -0.4 is 0 Å².